The van der Waals surface area contributed by atoms with Gasteiger partial charge in [-0.25, -0.2) is 13.2 Å². The number of nitrogens with zero attached hydrogens (tertiary/aromatic N) is 2. The van der Waals surface area contributed by atoms with E-state index in [0.29, 0.717) is 32.5 Å². The zero-order valence-electron chi connectivity index (χ0n) is 18.8. The summed E-state index contributed by atoms with van der Waals surface area (Å²) in [7, 11) is -3.67. The summed E-state index contributed by atoms with van der Waals surface area (Å²) in [5.41, 5.74) is 0.754. The first-order valence-corrected chi connectivity index (χ1v) is 13.0. The Morgan fingerprint density at radius 3 is 2.35 bits per heavy atom. The van der Waals surface area contributed by atoms with E-state index in [4.69, 9.17) is 9.47 Å². The number of hydrogen-bond acceptors (Lipinski definition) is 6. The molecule has 34 heavy (non-hydrogen) atoms. The monoisotopic (exact) mass is 484 g/mol. The summed E-state index contributed by atoms with van der Waals surface area (Å²) in [4.78, 5) is 28.2. The van der Waals surface area contributed by atoms with Crippen molar-refractivity contribution in [1.82, 2.24) is 9.80 Å². The van der Waals surface area contributed by atoms with Crippen LogP contribution in [-0.4, -0.2) is 74.4 Å². The summed E-state index contributed by atoms with van der Waals surface area (Å²) in [6.45, 7) is 1.51. The first-order chi connectivity index (χ1) is 16.4. The SMILES string of the molecule is O=C(CS(=O)(=O)/C=C/c1ccccc1)N1CCC(N2CC(COc3ccccc3)OC2=O)CC1. The quantitative estimate of drug-likeness (QED) is 0.572. The number of likely N-dealkylation sites (tertiary alicyclic amines) is 1. The van der Waals surface area contributed by atoms with E-state index in [2.05, 4.69) is 0 Å². The molecule has 2 aliphatic rings. The lowest BCUT2D eigenvalue weighted by molar-refractivity contribution is -0.129. The van der Waals surface area contributed by atoms with Gasteiger partial charge in [0.2, 0.25) is 5.91 Å². The predicted octanol–water partition coefficient (Wildman–Crippen LogP) is 2.96. The molecule has 4 rings (SSSR count). The van der Waals surface area contributed by atoms with Gasteiger partial charge in [0.05, 0.1) is 6.54 Å². The van der Waals surface area contributed by atoms with Gasteiger partial charge in [-0.15, -0.1) is 0 Å². The zero-order valence-corrected chi connectivity index (χ0v) is 19.6. The van der Waals surface area contributed by atoms with E-state index in [9.17, 15) is 18.0 Å². The molecule has 8 nitrogen and oxygen atoms in total. The molecule has 1 unspecified atom stereocenters. The molecule has 0 radical (unpaired) electrons. The topological polar surface area (TPSA) is 93.2 Å². The molecule has 1 atom stereocenters. The highest BCUT2D eigenvalue weighted by atomic mass is 32.2. The molecule has 180 valence electrons. The van der Waals surface area contributed by atoms with E-state index in [1.54, 1.807) is 21.9 Å². The molecule has 0 aliphatic carbocycles. The molecule has 0 spiro atoms. The van der Waals surface area contributed by atoms with Crippen LogP contribution >= 0.6 is 0 Å². The van der Waals surface area contributed by atoms with Crippen LogP contribution in [0.2, 0.25) is 0 Å². The molecule has 2 saturated heterocycles. The Bertz CT molecular complexity index is 1110. The number of cyclic esters (lactones) is 1. The van der Waals surface area contributed by atoms with Crippen molar-refractivity contribution >= 4 is 27.9 Å². The number of sulfone groups is 1. The molecule has 2 fully saturated rings. The van der Waals surface area contributed by atoms with E-state index in [0.717, 1.165) is 16.7 Å². The molecular weight excluding hydrogens is 456 g/mol. The van der Waals surface area contributed by atoms with Gasteiger partial charge in [0.15, 0.2) is 15.9 Å². The summed E-state index contributed by atoms with van der Waals surface area (Å²) < 4.78 is 35.9. The average Bonchev–Trinajstić information content (AvgIpc) is 3.23. The molecule has 2 heterocycles. The lowest BCUT2D eigenvalue weighted by atomic mass is 10.0. The van der Waals surface area contributed by atoms with E-state index >= 15 is 0 Å². The number of rotatable bonds is 8. The zero-order chi connectivity index (χ0) is 24.0. The molecule has 0 aromatic heterocycles. The predicted molar refractivity (Wildman–Crippen MR) is 128 cm³/mol. The second-order valence-electron chi connectivity index (χ2n) is 8.41. The molecule has 2 aliphatic heterocycles. The molecule has 0 saturated carbocycles. The summed E-state index contributed by atoms with van der Waals surface area (Å²) >= 11 is 0. The van der Waals surface area contributed by atoms with Crippen molar-refractivity contribution in [2.24, 2.45) is 0 Å². The Morgan fingerprint density at radius 1 is 1.03 bits per heavy atom. The van der Waals surface area contributed by atoms with Gasteiger partial charge in [0.1, 0.15) is 18.1 Å². The van der Waals surface area contributed by atoms with Crippen LogP contribution in [-0.2, 0) is 19.4 Å². The van der Waals surface area contributed by atoms with Crippen molar-refractivity contribution in [3.63, 3.8) is 0 Å². The second-order valence-corrected chi connectivity index (χ2v) is 10.3. The number of ether oxygens (including phenoxy) is 2. The third-order valence-electron chi connectivity index (χ3n) is 5.93. The Morgan fingerprint density at radius 2 is 1.68 bits per heavy atom. The Kier molecular flexibility index (Phi) is 7.52. The minimum atomic E-state index is -3.67. The van der Waals surface area contributed by atoms with E-state index in [1.807, 2.05) is 48.5 Å². The highest BCUT2D eigenvalue weighted by Gasteiger charge is 2.38. The van der Waals surface area contributed by atoms with Crippen LogP contribution in [0.4, 0.5) is 4.79 Å². The first-order valence-electron chi connectivity index (χ1n) is 11.3. The van der Waals surface area contributed by atoms with Crippen LogP contribution in [0.15, 0.2) is 66.1 Å². The molecule has 0 bridgehead atoms. The molecule has 0 N–H and O–H groups in total. The first kappa shape index (κ1) is 23.8. The maximum Gasteiger partial charge on any atom is 0.410 e. The number of hydrogen-bond donors (Lipinski definition) is 0. The van der Waals surface area contributed by atoms with E-state index in [1.165, 1.54) is 6.08 Å². The van der Waals surface area contributed by atoms with Crippen LogP contribution in [0.3, 0.4) is 0 Å². The largest absolute Gasteiger partial charge is 0.490 e. The highest BCUT2D eigenvalue weighted by molar-refractivity contribution is 7.95. The minimum Gasteiger partial charge on any atom is -0.490 e. The Hall–Kier alpha value is -3.33. The fourth-order valence-electron chi connectivity index (χ4n) is 4.12. The van der Waals surface area contributed by atoms with Gasteiger partial charge < -0.3 is 19.3 Å². The maximum absolute atomic E-state index is 12.6. The van der Waals surface area contributed by atoms with Crippen molar-refractivity contribution in [2.45, 2.75) is 25.0 Å². The van der Waals surface area contributed by atoms with Gasteiger partial charge in [-0.3, -0.25) is 4.79 Å². The van der Waals surface area contributed by atoms with Gasteiger partial charge in [-0.05, 0) is 36.6 Å². The van der Waals surface area contributed by atoms with Gasteiger partial charge >= 0.3 is 6.09 Å². The average molecular weight is 485 g/mol. The van der Waals surface area contributed by atoms with Gasteiger partial charge in [-0.1, -0.05) is 48.5 Å². The smallest absolute Gasteiger partial charge is 0.410 e. The van der Waals surface area contributed by atoms with Crippen molar-refractivity contribution < 1.29 is 27.5 Å². The summed E-state index contributed by atoms with van der Waals surface area (Å²) in [5.74, 6) is -0.266. The standard InChI is InChI=1S/C25H28N2O6S/c28-24(19-34(30,31)16-13-20-7-3-1-4-8-20)26-14-11-21(12-15-26)27-17-23(33-25(27)29)18-32-22-9-5-2-6-10-22/h1-10,13,16,21,23H,11-12,14-15,17-19H2/b16-13+. The second kappa shape index (κ2) is 10.7. The summed E-state index contributed by atoms with van der Waals surface area (Å²) in [5, 5.41) is 1.09. The lowest BCUT2D eigenvalue weighted by Gasteiger charge is -2.35. The molecule has 2 aromatic carbocycles. The van der Waals surface area contributed by atoms with Crippen molar-refractivity contribution in [2.75, 3.05) is 32.0 Å². The molecule has 2 aromatic rings. The highest BCUT2D eigenvalue weighted by Crippen LogP contribution is 2.23. The molecule has 9 heteroatoms. The molecular formula is C25H28N2O6S. The number of piperidine rings is 1. The fraction of sp³-hybridized carbons (Fsp3) is 0.360. The van der Waals surface area contributed by atoms with Crippen LogP contribution in [0.25, 0.3) is 6.08 Å². The van der Waals surface area contributed by atoms with Crippen molar-refractivity contribution in [3.05, 3.63) is 71.6 Å². The lowest BCUT2D eigenvalue weighted by Crippen LogP contribution is -2.48. The van der Waals surface area contributed by atoms with Crippen LogP contribution in [0.1, 0.15) is 18.4 Å². The number of carbonyl (C=O) groups is 2. The number of para-hydroxylation sites is 1. The minimum absolute atomic E-state index is 0.0483. The van der Waals surface area contributed by atoms with Crippen molar-refractivity contribution in [1.29, 1.82) is 0 Å². The number of carbonyl (C=O) groups excluding carboxylic acids is 2. The summed E-state index contributed by atoms with van der Waals surface area (Å²) in [6, 6.07) is 18.4. The third kappa shape index (κ3) is 6.38. The van der Waals surface area contributed by atoms with E-state index in [-0.39, 0.29) is 24.8 Å². The van der Waals surface area contributed by atoms with Gasteiger partial charge in [0.25, 0.3) is 0 Å². The van der Waals surface area contributed by atoms with Crippen LogP contribution in [0, 0.1) is 0 Å². The number of benzene rings is 2. The van der Waals surface area contributed by atoms with Crippen LogP contribution < -0.4 is 4.74 Å². The number of amides is 2. The maximum atomic E-state index is 12.6. The Labute approximate surface area is 199 Å². The fourth-order valence-corrected chi connectivity index (χ4v) is 5.10. The summed E-state index contributed by atoms with van der Waals surface area (Å²) in [6.07, 6.45) is 1.92. The normalized spacial score (nSPS) is 19.4. The van der Waals surface area contributed by atoms with E-state index < -0.39 is 21.5 Å². The third-order valence-corrected chi connectivity index (χ3v) is 7.13. The van der Waals surface area contributed by atoms with Crippen molar-refractivity contribution in [3.8, 4) is 5.75 Å². The molecule has 2 amide bonds. The Balaban J connectivity index is 1.23. The van der Waals surface area contributed by atoms with Gasteiger partial charge in [-0.2, -0.15) is 0 Å². The van der Waals surface area contributed by atoms with Gasteiger partial charge in [0, 0.05) is 24.5 Å². The van der Waals surface area contributed by atoms with Crippen LogP contribution in [0.5, 0.6) is 5.75 Å².